The third kappa shape index (κ3) is 2.21. The van der Waals surface area contributed by atoms with E-state index >= 15 is 0 Å². The van der Waals surface area contributed by atoms with Crippen molar-refractivity contribution in [2.45, 2.75) is 26.2 Å². The van der Waals surface area contributed by atoms with E-state index in [-0.39, 0.29) is 11.3 Å². The van der Waals surface area contributed by atoms with Crippen molar-refractivity contribution in [1.29, 1.82) is 0 Å². The highest BCUT2D eigenvalue weighted by molar-refractivity contribution is 6.18. The minimum absolute atomic E-state index is 0.00551. The Hall–Kier alpha value is -2.63. The number of fused-ring (bicyclic) bond motifs is 3. The summed E-state index contributed by atoms with van der Waals surface area (Å²) in [5.74, 6) is -0.665. The molecule has 0 bridgehead atoms. The maximum atomic E-state index is 12.5. The zero-order valence-corrected chi connectivity index (χ0v) is 13.2. The van der Waals surface area contributed by atoms with Crippen molar-refractivity contribution in [1.82, 2.24) is 0 Å². The van der Waals surface area contributed by atoms with E-state index in [9.17, 15) is 14.7 Å². The molecular weight excluding hydrogens is 298 g/mol. The minimum Gasteiger partial charge on any atom is -0.481 e. The van der Waals surface area contributed by atoms with E-state index in [2.05, 4.69) is 4.99 Å². The van der Waals surface area contributed by atoms with Gasteiger partial charge < -0.3 is 14.3 Å². The van der Waals surface area contributed by atoms with Gasteiger partial charge >= 0.3 is 5.97 Å². The number of nitrogens with zero attached hydrogens (tertiary/aromatic N) is 1. The minimum atomic E-state index is -0.579. The van der Waals surface area contributed by atoms with Gasteiger partial charge in [-0.1, -0.05) is 0 Å². The Morgan fingerprint density at radius 1 is 1.35 bits per heavy atom. The molecule has 0 unspecified atom stereocenters. The Kier molecular flexibility index (Phi) is 3.67. The van der Waals surface area contributed by atoms with Crippen LogP contribution in [-0.4, -0.2) is 36.7 Å². The fraction of sp³-hybridized carbons (Fsp3) is 0.353. The van der Waals surface area contributed by atoms with Gasteiger partial charge in [-0.2, -0.15) is 0 Å². The Labute approximate surface area is 133 Å². The first kappa shape index (κ1) is 15.3. The zero-order chi connectivity index (χ0) is 16.7. The number of ketones is 1. The molecule has 0 amide bonds. The maximum Gasteiger partial charge on any atom is 0.338 e. The molecule has 3 rings (SSSR count). The molecular formula is C17H17NO5. The molecule has 0 spiro atoms. The summed E-state index contributed by atoms with van der Waals surface area (Å²) >= 11 is 0. The van der Waals surface area contributed by atoms with Gasteiger partial charge in [-0.15, -0.1) is 0 Å². The molecule has 0 fully saturated rings. The molecule has 0 saturated carbocycles. The smallest absolute Gasteiger partial charge is 0.338 e. The number of carbonyl (C=O) groups is 2. The second-order valence-corrected chi connectivity index (χ2v) is 5.51. The predicted molar refractivity (Wildman–Crippen MR) is 83.7 cm³/mol. The summed E-state index contributed by atoms with van der Waals surface area (Å²) in [6, 6.07) is 1.23. The van der Waals surface area contributed by atoms with Crippen molar-refractivity contribution < 1.29 is 23.8 Å². The molecule has 6 nitrogen and oxygen atoms in total. The van der Waals surface area contributed by atoms with Crippen LogP contribution >= 0.6 is 0 Å². The van der Waals surface area contributed by atoms with E-state index in [1.807, 2.05) is 0 Å². The molecule has 2 aliphatic carbocycles. The second-order valence-electron chi connectivity index (χ2n) is 5.51. The summed E-state index contributed by atoms with van der Waals surface area (Å²) in [4.78, 5) is 28.7. The van der Waals surface area contributed by atoms with Crippen molar-refractivity contribution >= 4 is 17.5 Å². The number of aromatic hydroxyl groups is 1. The fourth-order valence-corrected chi connectivity index (χ4v) is 3.20. The summed E-state index contributed by atoms with van der Waals surface area (Å²) in [5, 5.41) is 9.86. The molecule has 6 heteroatoms. The van der Waals surface area contributed by atoms with E-state index in [0.29, 0.717) is 47.4 Å². The molecule has 3 aliphatic rings. The third-order valence-electron chi connectivity index (χ3n) is 4.26. The lowest BCUT2D eigenvalue weighted by atomic mass is 9.90. The largest absolute Gasteiger partial charge is 0.481 e. The van der Waals surface area contributed by atoms with Gasteiger partial charge in [0.15, 0.2) is 5.78 Å². The standard InChI is InChI=1S/C17H17NO5/c1-8(18-2)13-15-9(5-4-6-11(15)19)14-10(17(21)22-3)7-12(20)23-16(13)14/h7,20H,4-6H2,1-3H3. The Morgan fingerprint density at radius 3 is 2.74 bits per heavy atom. The van der Waals surface area contributed by atoms with Crippen LogP contribution < -0.4 is 0 Å². The molecule has 120 valence electrons. The number of esters is 1. The normalized spacial score (nSPS) is 14.9. The van der Waals surface area contributed by atoms with Gasteiger partial charge in [-0.25, -0.2) is 4.79 Å². The predicted octanol–water partition coefficient (Wildman–Crippen LogP) is 2.83. The Morgan fingerprint density at radius 2 is 2.09 bits per heavy atom. The molecule has 0 aromatic heterocycles. The number of hydrogen-bond acceptors (Lipinski definition) is 6. The molecule has 0 atom stereocenters. The van der Waals surface area contributed by atoms with Crippen molar-refractivity contribution in [3.63, 3.8) is 0 Å². The van der Waals surface area contributed by atoms with Crippen LogP contribution in [0.2, 0.25) is 0 Å². The monoisotopic (exact) mass is 315 g/mol. The highest BCUT2D eigenvalue weighted by Crippen LogP contribution is 2.45. The summed E-state index contributed by atoms with van der Waals surface area (Å²) in [5.41, 5.74) is 3.25. The lowest BCUT2D eigenvalue weighted by molar-refractivity contribution is 0.0599. The lowest BCUT2D eigenvalue weighted by Gasteiger charge is -2.13. The van der Waals surface area contributed by atoms with Gasteiger partial charge in [-0.05, 0) is 25.3 Å². The summed E-state index contributed by atoms with van der Waals surface area (Å²) in [6.07, 6.45) is 1.83. The fourth-order valence-electron chi connectivity index (χ4n) is 3.20. The average Bonchev–Trinajstić information content (AvgIpc) is 2.88. The van der Waals surface area contributed by atoms with Crippen LogP contribution in [-0.2, 0) is 11.2 Å². The molecule has 23 heavy (non-hydrogen) atoms. The maximum absolute atomic E-state index is 12.5. The van der Waals surface area contributed by atoms with Gasteiger partial charge in [0.25, 0.3) is 5.95 Å². The Bertz CT molecular complexity index is 815. The van der Waals surface area contributed by atoms with E-state index in [4.69, 9.17) is 9.15 Å². The molecule has 1 N–H and O–H groups in total. The van der Waals surface area contributed by atoms with Gasteiger partial charge in [0.05, 0.1) is 12.7 Å². The molecule has 0 aromatic rings. The molecule has 1 aliphatic heterocycles. The lowest BCUT2D eigenvalue weighted by Crippen LogP contribution is -2.12. The highest BCUT2D eigenvalue weighted by Gasteiger charge is 2.36. The first-order chi connectivity index (χ1) is 11.0. The van der Waals surface area contributed by atoms with Crippen molar-refractivity contribution in [2.75, 3.05) is 14.2 Å². The average molecular weight is 315 g/mol. The molecule has 0 aromatic carbocycles. The van der Waals surface area contributed by atoms with Crippen LogP contribution in [0.1, 0.15) is 51.6 Å². The van der Waals surface area contributed by atoms with Gasteiger partial charge in [0.1, 0.15) is 5.76 Å². The quantitative estimate of drug-likeness (QED) is 0.680. The third-order valence-corrected chi connectivity index (χ3v) is 4.26. The van der Waals surface area contributed by atoms with E-state index in [0.717, 1.165) is 5.56 Å². The van der Waals surface area contributed by atoms with E-state index < -0.39 is 11.9 Å². The molecule has 1 heterocycles. The summed E-state index contributed by atoms with van der Waals surface area (Å²) in [7, 11) is 2.90. The van der Waals surface area contributed by atoms with Crippen LogP contribution in [0.15, 0.2) is 15.5 Å². The number of rotatable bonds is 2. The van der Waals surface area contributed by atoms with Crippen LogP contribution in [0.25, 0.3) is 11.3 Å². The van der Waals surface area contributed by atoms with Crippen molar-refractivity contribution in [3.8, 4) is 17.3 Å². The van der Waals surface area contributed by atoms with Crippen LogP contribution in [0, 0.1) is 0 Å². The number of methoxy groups -OCH3 is 1. The van der Waals surface area contributed by atoms with Crippen LogP contribution in [0.3, 0.4) is 0 Å². The molecule has 0 saturated heterocycles. The summed E-state index contributed by atoms with van der Waals surface area (Å²) in [6.45, 7) is 1.77. The number of carbonyl (C=O) groups excluding carboxylic acids is 2. The van der Waals surface area contributed by atoms with Gasteiger partial charge in [0, 0.05) is 41.9 Å². The first-order valence-electron chi connectivity index (χ1n) is 7.36. The number of aliphatic imine (C=N–C) groups is 1. The zero-order valence-electron chi connectivity index (χ0n) is 13.2. The SMILES string of the molecule is CN=C(C)c1c2oc(O)cc(C(=O)OC)c-2c2c1C(=O)CCC2. The van der Waals surface area contributed by atoms with Crippen LogP contribution in [0.4, 0.5) is 0 Å². The second kappa shape index (κ2) is 5.53. The summed E-state index contributed by atoms with van der Waals surface area (Å²) < 4.78 is 10.3. The number of Topliss-reactive ketones (excluding diaryl/α,β-unsaturated/α-hetero) is 1. The topological polar surface area (TPSA) is 89.1 Å². The molecule has 0 radical (unpaired) electrons. The van der Waals surface area contributed by atoms with E-state index in [1.165, 1.54) is 13.2 Å². The number of hydrogen-bond donors (Lipinski definition) is 1. The highest BCUT2D eigenvalue weighted by atomic mass is 16.5. The van der Waals surface area contributed by atoms with Crippen LogP contribution in [0.5, 0.6) is 5.95 Å². The first-order valence-corrected chi connectivity index (χ1v) is 7.36. The van der Waals surface area contributed by atoms with Gasteiger partial charge in [-0.3, -0.25) is 9.79 Å². The van der Waals surface area contributed by atoms with Crippen molar-refractivity contribution in [3.05, 3.63) is 28.3 Å². The number of ether oxygens (including phenoxy) is 1. The van der Waals surface area contributed by atoms with Gasteiger partial charge in [0.2, 0.25) is 0 Å². The van der Waals surface area contributed by atoms with E-state index in [1.54, 1.807) is 14.0 Å². The van der Waals surface area contributed by atoms with Crippen molar-refractivity contribution in [2.24, 2.45) is 4.99 Å². The Balaban J connectivity index is 2.46.